The second-order valence-corrected chi connectivity index (χ2v) is 5.46. The smallest absolute Gasteiger partial charge is 0.308 e. The molecule has 0 radical (unpaired) electrons. The van der Waals surface area contributed by atoms with E-state index < -0.39 is 11.9 Å². The van der Waals surface area contributed by atoms with E-state index in [1.807, 2.05) is 12.1 Å². The van der Waals surface area contributed by atoms with Gasteiger partial charge in [-0.1, -0.05) is 19.1 Å². The first-order chi connectivity index (χ1) is 10.1. The summed E-state index contributed by atoms with van der Waals surface area (Å²) in [5.74, 6) is -1.23. The van der Waals surface area contributed by atoms with Crippen LogP contribution < -0.4 is 5.32 Å². The predicted octanol–water partition coefficient (Wildman–Crippen LogP) is 2.03. The summed E-state index contributed by atoms with van der Waals surface area (Å²) >= 11 is 0. The van der Waals surface area contributed by atoms with E-state index in [1.54, 1.807) is 19.1 Å². The molecular formula is C16H21NO4. The molecule has 2 rings (SSSR count). The molecule has 5 heteroatoms. The Morgan fingerprint density at radius 2 is 1.90 bits per heavy atom. The molecule has 0 spiro atoms. The van der Waals surface area contributed by atoms with Gasteiger partial charge < -0.3 is 15.2 Å². The minimum absolute atomic E-state index is 0.135. The molecule has 0 aliphatic carbocycles. The lowest BCUT2D eigenvalue weighted by Crippen LogP contribution is -2.31. The van der Waals surface area contributed by atoms with Gasteiger partial charge in [-0.15, -0.1) is 0 Å². The van der Waals surface area contributed by atoms with E-state index in [0.717, 1.165) is 26.1 Å². The summed E-state index contributed by atoms with van der Waals surface area (Å²) in [6, 6.07) is 7.55. The van der Waals surface area contributed by atoms with Crippen molar-refractivity contribution in [3.05, 3.63) is 35.4 Å². The molecular weight excluding hydrogens is 270 g/mol. The highest BCUT2D eigenvalue weighted by atomic mass is 16.5. The van der Waals surface area contributed by atoms with Gasteiger partial charge in [-0.05, 0) is 36.5 Å². The molecule has 1 atom stereocenters. The Labute approximate surface area is 124 Å². The van der Waals surface area contributed by atoms with Crippen LogP contribution in [-0.2, 0) is 9.53 Å². The molecule has 1 aliphatic heterocycles. The summed E-state index contributed by atoms with van der Waals surface area (Å²) in [7, 11) is 0. The third-order valence-corrected chi connectivity index (χ3v) is 3.86. The molecule has 1 unspecified atom stereocenters. The Balaban J connectivity index is 1.91. The van der Waals surface area contributed by atoms with E-state index in [9.17, 15) is 9.59 Å². The van der Waals surface area contributed by atoms with Gasteiger partial charge in [0, 0.05) is 25.3 Å². The van der Waals surface area contributed by atoms with Gasteiger partial charge in [-0.3, -0.25) is 9.59 Å². The molecule has 1 heterocycles. The fourth-order valence-electron chi connectivity index (χ4n) is 2.37. The third-order valence-electron chi connectivity index (χ3n) is 3.86. The summed E-state index contributed by atoms with van der Waals surface area (Å²) in [4.78, 5) is 22.6. The summed E-state index contributed by atoms with van der Waals surface area (Å²) in [6.45, 7) is 3.28. The molecule has 1 amide bonds. The van der Waals surface area contributed by atoms with Crippen LogP contribution in [0.2, 0.25) is 0 Å². The van der Waals surface area contributed by atoms with Gasteiger partial charge in [0.15, 0.2) is 0 Å². The van der Waals surface area contributed by atoms with Gasteiger partial charge in [-0.2, -0.15) is 0 Å². The Bertz CT molecular complexity index is 492. The van der Waals surface area contributed by atoms with Crippen molar-refractivity contribution in [2.24, 2.45) is 5.92 Å². The summed E-state index contributed by atoms with van der Waals surface area (Å²) in [5, 5.41) is 11.4. The average Bonchev–Trinajstić information content (AvgIpc) is 2.53. The average molecular weight is 291 g/mol. The number of carbonyl (C=O) groups excluding carboxylic acids is 1. The monoisotopic (exact) mass is 291 g/mol. The number of benzene rings is 1. The lowest BCUT2D eigenvalue weighted by molar-refractivity contribution is -0.140. The molecule has 0 bridgehead atoms. The topological polar surface area (TPSA) is 75.6 Å². The highest BCUT2D eigenvalue weighted by molar-refractivity contribution is 5.94. The van der Waals surface area contributed by atoms with Crippen molar-refractivity contribution in [1.29, 1.82) is 0 Å². The molecule has 0 aromatic heterocycles. The summed E-state index contributed by atoms with van der Waals surface area (Å²) in [6.07, 6.45) is 2.03. The number of ether oxygens (including phenoxy) is 1. The highest BCUT2D eigenvalue weighted by Crippen LogP contribution is 2.26. The molecule has 1 aliphatic rings. The van der Waals surface area contributed by atoms with E-state index in [2.05, 4.69) is 5.32 Å². The van der Waals surface area contributed by atoms with Crippen LogP contribution in [0.3, 0.4) is 0 Å². The first kappa shape index (κ1) is 15.5. The number of carbonyl (C=O) groups is 2. The van der Waals surface area contributed by atoms with Gasteiger partial charge in [-0.25, -0.2) is 0 Å². The lowest BCUT2D eigenvalue weighted by atomic mass is 9.91. The maximum Gasteiger partial charge on any atom is 0.308 e. The zero-order chi connectivity index (χ0) is 15.2. The number of aliphatic carboxylic acids is 1. The number of rotatable bonds is 5. The van der Waals surface area contributed by atoms with Gasteiger partial charge in [0.1, 0.15) is 0 Å². The van der Waals surface area contributed by atoms with E-state index in [1.165, 1.54) is 5.56 Å². The van der Waals surface area contributed by atoms with Crippen LogP contribution in [0.4, 0.5) is 0 Å². The van der Waals surface area contributed by atoms with Crippen LogP contribution >= 0.6 is 0 Å². The second-order valence-electron chi connectivity index (χ2n) is 5.46. The quantitative estimate of drug-likeness (QED) is 0.870. The predicted molar refractivity (Wildman–Crippen MR) is 78.4 cm³/mol. The Morgan fingerprint density at radius 3 is 2.48 bits per heavy atom. The number of nitrogens with one attached hydrogen (secondary N) is 1. The maximum absolute atomic E-state index is 11.9. The van der Waals surface area contributed by atoms with Crippen LogP contribution in [0.1, 0.15) is 41.6 Å². The molecule has 0 saturated carbocycles. The standard InChI is InChI=1S/C16H21NO4/c1-11(16(19)20)10-17-15(18)14-4-2-12(3-5-14)13-6-8-21-9-7-13/h2-5,11,13H,6-10H2,1H3,(H,17,18)(H,19,20). The van der Waals surface area contributed by atoms with Crippen molar-refractivity contribution in [3.63, 3.8) is 0 Å². The molecule has 1 fully saturated rings. The van der Waals surface area contributed by atoms with Crippen LogP contribution in [0.5, 0.6) is 0 Å². The minimum Gasteiger partial charge on any atom is -0.481 e. The van der Waals surface area contributed by atoms with E-state index in [-0.39, 0.29) is 12.5 Å². The summed E-state index contributed by atoms with van der Waals surface area (Å²) in [5.41, 5.74) is 1.79. The zero-order valence-electron chi connectivity index (χ0n) is 12.2. The fourth-order valence-corrected chi connectivity index (χ4v) is 2.37. The molecule has 114 valence electrons. The van der Waals surface area contributed by atoms with Gasteiger partial charge in [0.25, 0.3) is 5.91 Å². The van der Waals surface area contributed by atoms with Crippen molar-refractivity contribution < 1.29 is 19.4 Å². The molecule has 1 aromatic rings. The SMILES string of the molecule is CC(CNC(=O)c1ccc(C2CCOCC2)cc1)C(=O)O. The number of hydrogen-bond donors (Lipinski definition) is 2. The summed E-state index contributed by atoms with van der Waals surface area (Å²) < 4.78 is 5.34. The number of carboxylic acids is 1. The molecule has 21 heavy (non-hydrogen) atoms. The van der Waals surface area contributed by atoms with Crippen molar-refractivity contribution in [2.75, 3.05) is 19.8 Å². The van der Waals surface area contributed by atoms with Gasteiger partial charge in [0.05, 0.1) is 5.92 Å². The van der Waals surface area contributed by atoms with Crippen molar-refractivity contribution >= 4 is 11.9 Å². The van der Waals surface area contributed by atoms with E-state index in [0.29, 0.717) is 11.5 Å². The first-order valence-corrected chi connectivity index (χ1v) is 7.26. The van der Waals surface area contributed by atoms with Gasteiger partial charge >= 0.3 is 5.97 Å². The number of hydrogen-bond acceptors (Lipinski definition) is 3. The maximum atomic E-state index is 11.9. The van der Waals surface area contributed by atoms with Crippen molar-refractivity contribution in [1.82, 2.24) is 5.32 Å². The molecule has 2 N–H and O–H groups in total. The number of carboxylic acid groups (broad SMARTS) is 1. The van der Waals surface area contributed by atoms with Crippen molar-refractivity contribution in [2.45, 2.75) is 25.7 Å². The fraction of sp³-hybridized carbons (Fsp3) is 0.500. The van der Waals surface area contributed by atoms with E-state index >= 15 is 0 Å². The van der Waals surface area contributed by atoms with Crippen molar-refractivity contribution in [3.8, 4) is 0 Å². The Morgan fingerprint density at radius 1 is 1.29 bits per heavy atom. The molecule has 5 nitrogen and oxygen atoms in total. The minimum atomic E-state index is -0.912. The molecule has 1 aromatic carbocycles. The third kappa shape index (κ3) is 4.29. The highest BCUT2D eigenvalue weighted by Gasteiger charge is 2.17. The Hall–Kier alpha value is -1.88. The second kappa shape index (κ2) is 7.22. The largest absolute Gasteiger partial charge is 0.481 e. The van der Waals surface area contributed by atoms with Crippen LogP contribution in [0.15, 0.2) is 24.3 Å². The Kier molecular flexibility index (Phi) is 5.33. The van der Waals surface area contributed by atoms with Crippen LogP contribution in [0, 0.1) is 5.92 Å². The molecule has 1 saturated heterocycles. The first-order valence-electron chi connectivity index (χ1n) is 7.26. The number of amides is 1. The van der Waals surface area contributed by atoms with Gasteiger partial charge in [0.2, 0.25) is 0 Å². The van der Waals surface area contributed by atoms with E-state index in [4.69, 9.17) is 9.84 Å². The van der Waals surface area contributed by atoms with Crippen LogP contribution in [0.25, 0.3) is 0 Å². The normalized spacial score (nSPS) is 17.2. The zero-order valence-corrected chi connectivity index (χ0v) is 12.2. The van der Waals surface area contributed by atoms with Crippen LogP contribution in [-0.4, -0.2) is 36.7 Å². The lowest BCUT2D eigenvalue weighted by Gasteiger charge is -2.22.